The van der Waals surface area contributed by atoms with E-state index in [-0.39, 0.29) is 12.2 Å². The van der Waals surface area contributed by atoms with Crippen LogP contribution in [0.2, 0.25) is 0 Å². The molecule has 0 aromatic carbocycles. The van der Waals surface area contributed by atoms with Gasteiger partial charge in [0, 0.05) is 5.57 Å². The third kappa shape index (κ3) is 4.83. The van der Waals surface area contributed by atoms with Crippen molar-refractivity contribution >= 4 is 16.2 Å². The Hall–Kier alpha value is -0.920. The molecule has 0 rings (SSSR count). The van der Waals surface area contributed by atoms with E-state index < -0.39 is 16.2 Å². The zero-order chi connectivity index (χ0) is 9.78. The third-order valence-electron chi connectivity index (χ3n) is 0.977. The van der Waals surface area contributed by atoms with Crippen molar-refractivity contribution in [2.75, 3.05) is 6.61 Å². The minimum Gasteiger partial charge on any atom is -0.392 e. The van der Waals surface area contributed by atoms with E-state index in [1.165, 1.54) is 11.6 Å². The Bertz CT molecular complexity index is 291. The molecule has 0 radical (unpaired) electrons. The lowest BCUT2D eigenvalue weighted by atomic mass is 10.3. The first kappa shape index (κ1) is 11.1. The van der Waals surface area contributed by atoms with Gasteiger partial charge in [0.1, 0.15) is 0 Å². The van der Waals surface area contributed by atoms with E-state index in [1.807, 2.05) is 0 Å². The molecule has 0 spiro atoms. The van der Waals surface area contributed by atoms with E-state index in [0.717, 1.165) is 6.08 Å². The normalized spacial score (nSPS) is 12.8. The first-order valence-corrected chi connectivity index (χ1v) is 4.38. The van der Waals surface area contributed by atoms with Crippen molar-refractivity contribution < 1.29 is 22.9 Å². The van der Waals surface area contributed by atoms with Crippen LogP contribution in [0.5, 0.6) is 0 Å². The summed E-state index contributed by atoms with van der Waals surface area (Å²) in [4.78, 5) is 10.7. The zero-order valence-electron chi connectivity index (χ0n) is 6.31. The lowest BCUT2D eigenvalue weighted by Gasteiger charge is -1.99. The molecule has 3 N–H and O–H groups in total. The van der Waals surface area contributed by atoms with Gasteiger partial charge in [-0.15, -0.1) is 0 Å². The minimum absolute atomic E-state index is 0.00938. The average molecular weight is 195 g/mol. The first-order valence-electron chi connectivity index (χ1n) is 2.94. The summed E-state index contributed by atoms with van der Waals surface area (Å²) < 4.78 is 29.6. The molecule has 1 amide bonds. The van der Waals surface area contributed by atoms with Crippen LogP contribution >= 0.6 is 0 Å². The third-order valence-corrected chi connectivity index (χ3v) is 1.42. The van der Waals surface area contributed by atoms with E-state index >= 15 is 0 Å². The van der Waals surface area contributed by atoms with Crippen molar-refractivity contribution in [2.45, 2.75) is 6.92 Å². The molecular weight excluding hydrogens is 186 g/mol. The van der Waals surface area contributed by atoms with E-state index in [4.69, 9.17) is 9.66 Å². The fraction of sp³-hybridized carbons (Fsp3) is 0.400. The number of nitrogens with one attached hydrogen (secondary N) is 1. The van der Waals surface area contributed by atoms with Crippen LogP contribution in [0.25, 0.3) is 0 Å². The predicted octanol–water partition coefficient (Wildman–Crippen LogP) is -1.16. The summed E-state index contributed by atoms with van der Waals surface area (Å²) in [7, 11) is -4.51. The summed E-state index contributed by atoms with van der Waals surface area (Å²) in [6, 6.07) is 0. The van der Waals surface area contributed by atoms with E-state index in [9.17, 15) is 13.2 Å². The molecule has 70 valence electrons. The van der Waals surface area contributed by atoms with Gasteiger partial charge in [-0.1, -0.05) is 6.08 Å². The maximum atomic E-state index is 10.7. The second-order valence-electron chi connectivity index (χ2n) is 1.98. The van der Waals surface area contributed by atoms with Gasteiger partial charge in [-0.05, 0) is 6.92 Å². The Labute approximate surface area is 69.8 Å². The Kier molecular flexibility index (Phi) is 3.87. The van der Waals surface area contributed by atoms with Crippen LogP contribution in [0.4, 0.5) is 0 Å². The fourth-order valence-corrected chi connectivity index (χ4v) is 0.823. The van der Waals surface area contributed by atoms with Crippen LogP contribution in [0.15, 0.2) is 11.6 Å². The van der Waals surface area contributed by atoms with E-state index in [2.05, 4.69) is 0 Å². The lowest BCUT2D eigenvalue weighted by molar-refractivity contribution is -0.115. The molecule has 0 saturated carbocycles. The standard InChI is InChI=1S/C5H9NO5S/c1-4(2-3-7)5(8)6-12(9,10)11/h2,7H,3H2,1H3,(H,6,8)(H,9,10,11). The summed E-state index contributed by atoms with van der Waals surface area (Å²) in [5.74, 6) is -0.966. The van der Waals surface area contributed by atoms with Gasteiger partial charge in [0.05, 0.1) is 6.61 Å². The molecule has 0 aliphatic heterocycles. The van der Waals surface area contributed by atoms with Gasteiger partial charge in [0.15, 0.2) is 0 Å². The highest BCUT2D eigenvalue weighted by molar-refractivity contribution is 7.84. The second-order valence-corrected chi connectivity index (χ2v) is 3.13. The van der Waals surface area contributed by atoms with Gasteiger partial charge in [-0.25, -0.2) is 4.72 Å². The molecule has 0 unspecified atom stereocenters. The van der Waals surface area contributed by atoms with Gasteiger partial charge in [0.25, 0.3) is 5.91 Å². The molecule has 0 heterocycles. The summed E-state index contributed by atoms with van der Waals surface area (Å²) in [6.07, 6.45) is 1.11. The maximum Gasteiger partial charge on any atom is 0.359 e. The van der Waals surface area contributed by atoms with Crippen molar-refractivity contribution in [3.05, 3.63) is 11.6 Å². The summed E-state index contributed by atoms with van der Waals surface area (Å²) in [5, 5.41) is 8.32. The minimum atomic E-state index is -4.51. The highest BCUT2D eigenvalue weighted by Crippen LogP contribution is 1.91. The van der Waals surface area contributed by atoms with Crippen LogP contribution in [-0.4, -0.2) is 30.6 Å². The maximum absolute atomic E-state index is 10.7. The Morgan fingerprint density at radius 2 is 2.08 bits per heavy atom. The molecule has 6 nitrogen and oxygen atoms in total. The van der Waals surface area contributed by atoms with Crippen molar-refractivity contribution in [1.29, 1.82) is 0 Å². The molecular formula is C5H9NO5S. The molecule has 0 aromatic heterocycles. The monoisotopic (exact) mass is 195 g/mol. The van der Waals surface area contributed by atoms with Crippen molar-refractivity contribution in [1.82, 2.24) is 4.72 Å². The summed E-state index contributed by atoms with van der Waals surface area (Å²) in [5.41, 5.74) is 0.00938. The van der Waals surface area contributed by atoms with Gasteiger partial charge in [0.2, 0.25) is 0 Å². The van der Waals surface area contributed by atoms with Crippen LogP contribution in [0.3, 0.4) is 0 Å². The molecule has 0 bridgehead atoms. The molecule has 0 aromatic rings. The predicted molar refractivity (Wildman–Crippen MR) is 40.5 cm³/mol. The number of hydrogen-bond acceptors (Lipinski definition) is 4. The zero-order valence-corrected chi connectivity index (χ0v) is 7.13. The van der Waals surface area contributed by atoms with Gasteiger partial charge < -0.3 is 5.11 Å². The first-order chi connectivity index (χ1) is 5.37. The molecule has 0 aliphatic carbocycles. The second kappa shape index (κ2) is 4.19. The number of carbonyl (C=O) groups excluding carboxylic acids is 1. The van der Waals surface area contributed by atoms with E-state index in [0.29, 0.717) is 0 Å². The van der Waals surface area contributed by atoms with Crippen molar-refractivity contribution in [3.8, 4) is 0 Å². The number of rotatable bonds is 3. The fourth-order valence-electron chi connectivity index (χ4n) is 0.427. The van der Waals surface area contributed by atoms with Crippen LogP contribution in [0.1, 0.15) is 6.92 Å². The topological polar surface area (TPSA) is 104 Å². The number of aliphatic hydroxyl groups excluding tert-OH is 1. The number of carbonyl (C=O) groups is 1. The number of aliphatic hydroxyl groups is 1. The number of amides is 1. The van der Waals surface area contributed by atoms with Crippen molar-refractivity contribution in [3.63, 3.8) is 0 Å². The molecule has 0 aliphatic rings. The Balaban J connectivity index is 4.35. The highest BCUT2D eigenvalue weighted by Gasteiger charge is 2.10. The molecule has 7 heteroatoms. The highest BCUT2D eigenvalue weighted by atomic mass is 32.2. The van der Waals surface area contributed by atoms with Gasteiger partial charge in [-0.3, -0.25) is 9.35 Å². The Morgan fingerprint density at radius 1 is 1.58 bits per heavy atom. The molecule has 0 fully saturated rings. The summed E-state index contributed by atoms with van der Waals surface area (Å²) >= 11 is 0. The Morgan fingerprint density at radius 3 is 2.42 bits per heavy atom. The van der Waals surface area contributed by atoms with Crippen LogP contribution < -0.4 is 4.72 Å². The van der Waals surface area contributed by atoms with Crippen LogP contribution in [-0.2, 0) is 15.1 Å². The van der Waals surface area contributed by atoms with Gasteiger partial charge >= 0.3 is 10.3 Å². The average Bonchev–Trinajstić information content (AvgIpc) is 1.84. The summed E-state index contributed by atoms with van der Waals surface area (Å²) in [6.45, 7) is 0.932. The van der Waals surface area contributed by atoms with Crippen LogP contribution in [0, 0.1) is 0 Å². The number of hydrogen-bond donors (Lipinski definition) is 3. The SMILES string of the molecule is CC(=CCO)C(=O)NS(=O)(=O)O. The largest absolute Gasteiger partial charge is 0.392 e. The smallest absolute Gasteiger partial charge is 0.359 e. The van der Waals surface area contributed by atoms with E-state index in [1.54, 1.807) is 0 Å². The molecule has 0 saturated heterocycles. The molecule has 0 atom stereocenters. The quantitative estimate of drug-likeness (QED) is 0.389. The van der Waals surface area contributed by atoms with Crippen molar-refractivity contribution in [2.24, 2.45) is 0 Å². The lowest BCUT2D eigenvalue weighted by Crippen LogP contribution is -2.30. The van der Waals surface area contributed by atoms with Gasteiger partial charge in [-0.2, -0.15) is 8.42 Å². The molecule has 12 heavy (non-hydrogen) atoms.